The Balaban J connectivity index is 1.81. The van der Waals surface area contributed by atoms with Crippen molar-refractivity contribution < 1.29 is 46.0 Å². The molecule has 11 nitrogen and oxygen atoms in total. The Bertz CT molecular complexity index is 1860. The van der Waals surface area contributed by atoms with Gasteiger partial charge in [0.25, 0.3) is 10.1 Å². The van der Waals surface area contributed by atoms with Crippen LogP contribution in [0.25, 0.3) is 0 Å². The van der Waals surface area contributed by atoms with Gasteiger partial charge in [0.2, 0.25) is 0 Å². The van der Waals surface area contributed by atoms with Crippen molar-refractivity contribution in [2.75, 3.05) is 13.7 Å². The molecule has 0 unspecified atom stereocenters. The number of esters is 3. The summed E-state index contributed by atoms with van der Waals surface area (Å²) in [7, 11) is -3.70. The van der Waals surface area contributed by atoms with Gasteiger partial charge in [0.05, 0.1) is 38.0 Å². The first-order valence-corrected chi connectivity index (χ1v) is 16.4. The highest BCUT2D eigenvalue weighted by molar-refractivity contribution is 7.87. The first kappa shape index (κ1) is 36.4. The fourth-order valence-corrected chi connectivity index (χ4v) is 6.14. The lowest BCUT2D eigenvalue weighted by atomic mass is 10.1. The van der Waals surface area contributed by atoms with Crippen LogP contribution in [0.2, 0.25) is 15.1 Å². The van der Waals surface area contributed by atoms with Crippen LogP contribution in [0.4, 0.5) is 0 Å². The molecule has 4 aromatic carbocycles. The van der Waals surface area contributed by atoms with Crippen molar-refractivity contribution in [3.8, 4) is 0 Å². The number of carbonyl (C=O) groups excluding carboxylic acids is 3. The summed E-state index contributed by atoms with van der Waals surface area (Å²) < 4.78 is 49.9. The standard InChI is InChI=1S/C33H26Cl3NO10S/c1-43-37-19-27(45-32(39)22-13-7-3-8-14-22)30(46-33(40)23-15-9-4-10-16-23)28(20-44-31(38)21-11-5-2-6-12-21)47-48(41,42)29-18-25(35)24(34)17-26(29)36/h2-19,27-28,30H,20H2,1H3/t27-,28+,30+/m0/s1. The van der Waals surface area contributed by atoms with E-state index in [-0.39, 0.29) is 31.8 Å². The molecule has 0 heterocycles. The third-order valence-electron chi connectivity index (χ3n) is 6.39. The molecular formula is C33H26Cl3NO10S. The molecular weight excluding hydrogens is 709 g/mol. The molecule has 4 aromatic rings. The first-order chi connectivity index (χ1) is 23.0. The van der Waals surface area contributed by atoms with Crippen LogP contribution in [0.5, 0.6) is 0 Å². The molecule has 0 aliphatic carbocycles. The zero-order valence-electron chi connectivity index (χ0n) is 24.9. The predicted molar refractivity (Wildman–Crippen MR) is 177 cm³/mol. The van der Waals surface area contributed by atoms with Gasteiger partial charge in [-0.1, -0.05) is 94.6 Å². The Morgan fingerprint density at radius 3 is 1.71 bits per heavy atom. The van der Waals surface area contributed by atoms with Gasteiger partial charge >= 0.3 is 17.9 Å². The van der Waals surface area contributed by atoms with E-state index in [1.165, 1.54) is 43.5 Å². The van der Waals surface area contributed by atoms with Gasteiger partial charge in [0.1, 0.15) is 18.6 Å². The van der Waals surface area contributed by atoms with E-state index in [1.54, 1.807) is 54.6 Å². The van der Waals surface area contributed by atoms with E-state index in [1.807, 2.05) is 0 Å². The maximum absolute atomic E-state index is 13.7. The molecule has 4 rings (SSSR count). The average molecular weight is 735 g/mol. The molecule has 0 N–H and O–H groups in total. The summed E-state index contributed by atoms with van der Waals surface area (Å²) in [5.41, 5.74) is 0.275. The van der Waals surface area contributed by atoms with Gasteiger partial charge in [-0.15, -0.1) is 0 Å². The molecule has 0 aliphatic heterocycles. The minimum absolute atomic E-state index is 0.0349. The molecule has 250 valence electrons. The highest BCUT2D eigenvalue weighted by atomic mass is 35.5. The second-order valence-corrected chi connectivity index (χ2v) is 12.4. The van der Waals surface area contributed by atoms with Gasteiger partial charge in [-0.2, -0.15) is 8.42 Å². The van der Waals surface area contributed by atoms with Crippen LogP contribution < -0.4 is 0 Å². The van der Waals surface area contributed by atoms with Crippen molar-refractivity contribution in [1.29, 1.82) is 0 Å². The average Bonchev–Trinajstić information content (AvgIpc) is 3.09. The maximum atomic E-state index is 13.7. The van der Waals surface area contributed by atoms with Gasteiger partial charge in [-0.05, 0) is 48.5 Å². The normalized spacial score (nSPS) is 13.2. The Labute approximate surface area is 291 Å². The Morgan fingerprint density at radius 1 is 0.708 bits per heavy atom. The lowest BCUT2D eigenvalue weighted by molar-refractivity contribution is -0.0685. The van der Waals surface area contributed by atoms with E-state index < -0.39 is 57.8 Å². The topological polar surface area (TPSA) is 144 Å². The number of oxime groups is 1. The third kappa shape index (κ3) is 9.78. The van der Waals surface area contributed by atoms with Gasteiger partial charge < -0.3 is 19.0 Å². The highest BCUT2D eigenvalue weighted by Crippen LogP contribution is 2.33. The minimum atomic E-state index is -4.90. The number of nitrogens with zero attached hydrogens (tertiary/aromatic N) is 1. The molecule has 0 aliphatic rings. The van der Waals surface area contributed by atoms with Crippen LogP contribution in [0.1, 0.15) is 31.1 Å². The van der Waals surface area contributed by atoms with Gasteiger partial charge in [0.15, 0.2) is 18.3 Å². The van der Waals surface area contributed by atoms with Crippen molar-refractivity contribution >= 4 is 69.0 Å². The van der Waals surface area contributed by atoms with E-state index in [0.717, 1.165) is 18.3 Å². The SMILES string of the molecule is CON=C[C@H](OC(=O)c1ccccc1)[C@@H](OC(=O)c1ccccc1)[C@@H](COC(=O)c1ccccc1)OS(=O)(=O)c1cc(Cl)c(Cl)cc1Cl. The van der Waals surface area contributed by atoms with Crippen LogP contribution in [0.3, 0.4) is 0 Å². The fraction of sp³-hybridized carbons (Fsp3) is 0.152. The summed E-state index contributed by atoms with van der Waals surface area (Å²) in [6.07, 6.45) is -4.45. The molecule has 15 heteroatoms. The first-order valence-electron chi connectivity index (χ1n) is 13.9. The van der Waals surface area contributed by atoms with Crippen molar-refractivity contribution in [2.24, 2.45) is 5.16 Å². The highest BCUT2D eigenvalue weighted by Gasteiger charge is 2.41. The van der Waals surface area contributed by atoms with Crippen LogP contribution >= 0.6 is 34.8 Å². The van der Waals surface area contributed by atoms with E-state index in [2.05, 4.69) is 5.16 Å². The van der Waals surface area contributed by atoms with Crippen LogP contribution in [-0.2, 0) is 33.3 Å². The zero-order chi connectivity index (χ0) is 34.7. The quantitative estimate of drug-likeness (QED) is 0.0345. The number of rotatable bonds is 14. The zero-order valence-corrected chi connectivity index (χ0v) is 28.0. The van der Waals surface area contributed by atoms with E-state index in [0.29, 0.717) is 0 Å². The number of benzene rings is 4. The number of ether oxygens (including phenoxy) is 3. The summed E-state index contributed by atoms with van der Waals surface area (Å²) >= 11 is 18.3. The van der Waals surface area contributed by atoms with E-state index in [4.69, 9.17) is 58.0 Å². The maximum Gasteiger partial charge on any atom is 0.338 e. The van der Waals surface area contributed by atoms with Gasteiger partial charge in [-0.3, -0.25) is 4.18 Å². The molecule has 3 atom stereocenters. The number of hydrogen-bond donors (Lipinski definition) is 0. The molecule has 48 heavy (non-hydrogen) atoms. The van der Waals surface area contributed by atoms with Crippen molar-refractivity contribution in [3.63, 3.8) is 0 Å². The molecule has 0 amide bonds. The van der Waals surface area contributed by atoms with Crippen LogP contribution in [0.15, 0.2) is 113 Å². The van der Waals surface area contributed by atoms with Crippen LogP contribution in [-0.4, -0.2) is 64.6 Å². The van der Waals surface area contributed by atoms with Crippen LogP contribution in [0, 0.1) is 0 Å². The summed E-state index contributed by atoms with van der Waals surface area (Å²) in [4.78, 5) is 43.8. The molecule has 0 spiro atoms. The van der Waals surface area contributed by atoms with Crippen molar-refractivity contribution in [1.82, 2.24) is 0 Å². The number of hydrogen-bond acceptors (Lipinski definition) is 11. The molecule has 0 saturated heterocycles. The Hall–Kier alpha value is -4.46. The molecule has 0 radical (unpaired) electrons. The second kappa shape index (κ2) is 17.1. The monoisotopic (exact) mass is 733 g/mol. The molecule has 0 fully saturated rings. The molecule has 0 aromatic heterocycles. The summed E-state index contributed by atoms with van der Waals surface area (Å²) in [5.74, 6) is -2.75. The summed E-state index contributed by atoms with van der Waals surface area (Å²) in [6.45, 7) is -0.848. The third-order valence-corrected chi connectivity index (χ3v) is 8.92. The lowest BCUT2D eigenvalue weighted by Gasteiger charge is -2.30. The summed E-state index contributed by atoms with van der Waals surface area (Å²) in [5, 5.41) is 3.13. The van der Waals surface area contributed by atoms with Gasteiger partial charge in [-0.25, -0.2) is 14.4 Å². The Kier molecular flexibility index (Phi) is 13.0. The predicted octanol–water partition coefficient (Wildman–Crippen LogP) is 6.66. The lowest BCUT2D eigenvalue weighted by Crippen LogP contribution is -2.48. The molecule has 0 bridgehead atoms. The van der Waals surface area contributed by atoms with Crippen molar-refractivity contribution in [3.05, 3.63) is 135 Å². The summed E-state index contributed by atoms with van der Waals surface area (Å²) in [6, 6.07) is 25.3. The van der Waals surface area contributed by atoms with Crippen molar-refractivity contribution in [2.45, 2.75) is 23.2 Å². The second-order valence-electron chi connectivity index (χ2n) is 9.66. The fourth-order valence-electron chi connectivity index (χ4n) is 4.09. The number of halogens is 3. The Morgan fingerprint density at radius 2 is 1.19 bits per heavy atom. The largest absolute Gasteiger partial charge is 0.459 e. The molecule has 0 saturated carbocycles. The van der Waals surface area contributed by atoms with E-state index >= 15 is 0 Å². The van der Waals surface area contributed by atoms with Gasteiger partial charge in [0, 0.05) is 0 Å². The van der Waals surface area contributed by atoms with E-state index in [9.17, 15) is 22.8 Å². The minimum Gasteiger partial charge on any atom is -0.459 e. The smallest absolute Gasteiger partial charge is 0.338 e. The number of carbonyl (C=O) groups is 3.